The maximum absolute atomic E-state index is 12.9. The molecule has 0 amide bonds. The highest BCUT2D eigenvalue weighted by atomic mass is 16.1. The van der Waals surface area contributed by atoms with Crippen LogP contribution >= 0.6 is 0 Å². The van der Waals surface area contributed by atoms with Crippen molar-refractivity contribution in [1.82, 2.24) is 0 Å². The van der Waals surface area contributed by atoms with Gasteiger partial charge < -0.3 is 0 Å². The summed E-state index contributed by atoms with van der Waals surface area (Å²) in [6.45, 7) is 2.07. The summed E-state index contributed by atoms with van der Waals surface area (Å²) < 4.78 is 0. The van der Waals surface area contributed by atoms with Crippen molar-refractivity contribution < 1.29 is 4.79 Å². The van der Waals surface area contributed by atoms with Crippen molar-refractivity contribution in [3.8, 4) is 0 Å². The van der Waals surface area contributed by atoms with Crippen LogP contribution in [0.4, 0.5) is 0 Å². The number of aryl methyl sites for hydroxylation is 1. The molecule has 0 spiro atoms. The van der Waals surface area contributed by atoms with Gasteiger partial charge in [-0.25, -0.2) is 0 Å². The number of fused-ring (bicyclic) bond motifs is 3. The van der Waals surface area contributed by atoms with Crippen LogP contribution in [0.25, 0.3) is 10.8 Å². The Balaban J connectivity index is 1.66. The topological polar surface area (TPSA) is 17.1 Å². The maximum Gasteiger partial charge on any atom is 0.164 e. The van der Waals surface area contributed by atoms with Gasteiger partial charge in [0.15, 0.2) is 5.78 Å². The van der Waals surface area contributed by atoms with Gasteiger partial charge in [0.05, 0.1) is 0 Å². The summed E-state index contributed by atoms with van der Waals surface area (Å²) >= 11 is 0. The lowest BCUT2D eigenvalue weighted by atomic mass is 9.83. The Labute approximate surface area is 126 Å². The first-order valence-electron chi connectivity index (χ1n) is 8.24. The molecule has 0 heterocycles. The number of rotatable bonds is 3. The second-order valence-electron chi connectivity index (χ2n) is 7.04. The molecule has 21 heavy (non-hydrogen) atoms. The van der Waals surface area contributed by atoms with E-state index in [1.165, 1.54) is 31.1 Å². The highest BCUT2D eigenvalue weighted by molar-refractivity contribution is 6.09. The van der Waals surface area contributed by atoms with Gasteiger partial charge in [-0.3, -0.25) is 4.79 Å². The Bertz CT molecular complexity index is 700. The predicted octanol–water partition coefficient (Wildman–Crippen LogP) is 5.16. The molecule has 0 saturated heterocycles. The lowest BCUT2D eigenvalue weighted by molar-refractivity contribution is 0.0945. The van der Waals surface area contributed by atoms with E-state index in [4.69, 9.17) is 0 Å². The number of benzene rings is 2. The van der Waals surface area contributed by atoms with Gasteiger partial charge in [0.2, 0.25) is 0 Å². The van der Waals surface area contributed by atoms with Crippen molar-refractivity contribution in [1.29, 1.82) is 0 Å². The molecule has 1 nitrogen and oxygen atoms in total. The van der Waals surface area contributed by atoms with Crippen LogP contribution in [-0.2, 0) is 0 Å². The Kier molecular flexibility index (Phi) is 3.10. The van der Waals surface area contributed by atoms with Crippen molar-refractivity contribution in [3.63, 3.8) is 0 Å². The van der Waals surface area contributed by atoms with E-state index in [2.05, 4.69) is 31.2 Å². The second kappa shape index (κ2) is 4.98. The van der Waals surface area contributed by atoms with Gasteiger partial charge in [-0.05, 0) is 60.3 Å². The van der Waals surface area contributed by atoms with Gasteiger partial charge in [-0.2, -0.15) is 0 Å². The summed E-state index contributed by atoms with van der Waals surface area (Å²) in [6, 6.07) is 12.5. The lowest BCUT2D eigenvalue weighted by Crippen LogP contribution is -2.16. The third-order valence-corrected chi connectivity index (χ3v) is 5.75. The predicted molar refractivity (Wildman–Crippen MR) is 86.6 cm³/mol. The zero-order valence-corrected chi connectivity index (χ0v) is 12.6. The minimum atomic E-state index is 0.363. The Morgan fingerprint density at radius 3 is 2.71 bits per heavy atom. The van der Waals surface area contributed by atoms with E-state index in [0.29, 0.717) is 11.7 Å². The van der Waals surface area contributed by atoms with Crippen molar-refractivity contribution in [2.24, 2.45) is 17.8 Å². The molecule has 2 fully saturated rings. The Morgan fingerprint density at radius 1 is 1.10 bits per heavy atom. The molecule has 0 aliphatic heterocycles. The maximum atomic E-state index is 12.9. The number of hydrogen-bond acceptors (Lipinski definition) is 1. The molecule has 1 heteroatoms. The lowest BCUT2D eigenvalue weighted by Gasteiger charge is -2.21. The first kappa shape index (κ1) is 13.1. The largest absolute Gasteiger partial charge is 0.294 e. The zero-order chi connectivity index (χ0) is 14.4. The monoisotopic (exact) mass is 278 g/mol. The van der Waals surface area contributed by atoms with Crippen molar-refractivity contribution in [2.75, 3.05) is 0 Å². The molecule has 2 aliphatic carbocycles. The minimum absolute atomic E-state index is 0.363. The summed E-state index contributed by atoms with van der Waals surface area (Å²) in [5, 5.41) is 2.31. The van der Waals surface area contributed by atoms with Crippen LogP contribution in [0.3, 0.4) is 0 Å². The first-order valence-corrected chi connectivity index (χ1v) is 8.24. The Morgan fingerprint density at radius 2 is 1.95 bits per heavy atom. The third-order valence-electron chi connectivity index (χ3n) is 5.75. The zero-order valence-electron chi connectivity index (χ0n) is 12.6. The van der Waals surface area contributed by atoms with E-state index < -0.39 is 0 Å². The summed E-state index contributed by atoms with van der Waals surface area (Å²) in [6.07, 6.45) is 6.20. The summed E-state index contributed by atoms with van der Waals surface area (Å²) in [4.78, 5) is 12.9. The van der Waals surface area contributed by atoms with Crippen LogP contribution < -0.4 is 0 Å². The number of ketones is 1. The normalized spacial score (nSPS) is 27.4. The van der Waals surface area contributed by atoms with Gasteiger partial charge in [0, 0.05) is 12.0 Å². The van der Waals surface area contributed by atoms with Crippen LogP contribution in [0.15, 0.2) is 36.4 Å². The fourth-order valence-corrected chi connectivity index (χ4v) is 4.72. The first-order chi connectivity index (χ1) is 10.2. The molecule has 4 rings (SSSR count). The van der Waals surface area contributed by atoms with E-state index >= 15 is 0 Å². The fraction of sp³-hybridized carbons (Fsp3) is 0.450. The van der Waals surface area contributed by atoms with Crippen molar-refractivity contribution in [2.45, 2.75) is 39.0 Å². The molecule has 2 saturated carbocycles. The minimum Gasteiger partial charge on any atom is -0.294 e. The molecule has 0 radical (unpaired) electrons. The molecular formula is C20H22O. The summed E-state index contributed by atoms with van der Waals surface area (Å²) in [5.74, 6) is 2.76. The van der Waals surface area contributed by atoms with Gasteiger partial charge in [-0.15, -0.1) is 0 Å². The SMILES string of the molecule is Cc1ccc2ccccc2c1C(=O)CC1CC2CCC1C2. The average molecular weight is 278 g/mol. The van der Waals surface area contributed by atoms with Gasteiger partial charge in [-0.1, -0.05) is 42.8 Å². The molecule has 2 aromatic carbocycles. The summed E-state index contributed by atoms with van der Waals surface area (Å²) in [7, 11) is 0. The van der Waals surface area contributed by atoms with E-state index in [0.717, 1.165) is 34.8 Å². The third kappa shape index (κ3) is 2.19. The number of carbonyl (C=O) groups excluding carboxylic acids is 1. The molecule has 2 bridgehead atoms. The smallest absolute Gasteiger partial charge is 0.164 e. The molecular weight excluding hydrogens is 256 g/mol. The van der Waals surface area contributed by atoms with Crippen LogP contribution in [0.2, 0.25) is 0 Å². The molecule has 3 atom stereocenters. The molecule has 0 aromatic heterocycles. The van der Waals surface area contributed by atoms with Crippen molar-refractivity contribution >= 4 is 16.6 Å². The molecule has 3 unspecified atom stereocenters. The number of carbonyl (C=O) groups is 1. The molecule has 108 valence electrons. The highest BCUT2D eigenvalue weighted by Gasteiger charge is 2.40. The quantitative estimate of drug-likeness (QED) is 0.709. The highest BCUT2D eigenvalue weighted by Crippen LogP contribution is 2.50. The molecule has 0 N–H and O–H groups in total. The summed E-state index contributed by atoms with van der Waals surface area (Å²) in [5.41, 5.74) is 2.10. The van der Waals surface area contributed by atoms with E-state index in [1.807, 2.05) is 12.1 Å². The van der Waals surface area contributed by atoms with E-state index in [9.17, 15) is 4.79 Å². The molecule has 2 aliphatic rings. The van der Waals surface area contributed by atoms with Crippen LogP contribution in [0, 0.1) is 24.7 Å². The number of hydrogen-bond donors (Lipinski definition) is 0. The fourth-order valence-electron chi connectivity index (χ4n) is 4.72. The second-order valence-corrected chi connectivity index (χ2v) is 7.04. The average Bonchev–Trinajstić information content (AvgIpc) is 3.09. The Hall–Kier alpha value is -1.63. The van der Waals surface area contributed by atoms with Crippen LogP contribution in [-0.4, -0.2) is 5.78 Å². The van der Waals surface area contributed by atoms with Crippen LogP contribution in [0.1, 0.15) is 48.0 Å². The van der Waals surface area contributed by atoms with E-state index in [1.54, 1.807) is 0 Å². The van der Waals surface area contributed by atoms with Gasteiger partial charge in [0.1, 0.15) is 0 Å². The van der Waals surface area contributed by atoms with Gasteiger partial charge in [0.25, 0.3) is 0 Å². The van der Waals surface area contributed by atoms with E-state index in [-0.39, 0.29) is 0 Å². The van der Waals surface area contributed by atoms with Crippen LogP contribution in [0.5, 0.6) is 0 Å². The standard InChI is InChI=1S/C20H22O/c1-13-6-8-15-4-2-3-5-18(15)20(13)19(21)12-17-11-14-7-9-16(17)10-14/h2-6,8,14,16-17H,7,9-12H2,1H3. The number of Topliss-reactive ketones (excluding diaryl/α,β-unsaturated/α-hetero) is 1. The van der Waals surface area contributed by atoms with Gasteiger partial charge >= 0.3 is 0 Å². The van der Waals surface area contributed by atoms with Crippen molar-refractivity contribution in [3.05, 3.63) is 47.5 Å². The molecule has 2 aromatic rings.